The molecule has 3 unspecified atom stereocenters. The Hall–Kier alpha value is -3.80. The second kappa shape index (κ2) is 9.34. The van der Waals surface area contributed by atoms with Crippen molar-refractivity contribution in [3.05, 3.63) is 57.5 Å². The van der Waals surface area contributed by atoms with Gasteiger partial charge in [-0.15, -0.1) is 0 Å². The number of amides is 3. The lowest BCUT2D eigenvalue weighted by Crippen LogP contribution is -2.57. The standard InChI is InChI=1S/C24H28FN5O6/c1-13-16-9-10-24(12-36-16,29(4)22(35)21(34)28(2)3)23-27-17(18(31)20(33)30(13)23)19(32)26-11-14-5-7-15(25)8-6-14/h5-8,13,16,31H,9-12H2,1-4H3,(H,26,32). The molecular formula is C24H28FN5O6. The summed E-state index contributed by atoms with van der Waals surface area (Å²) < 4.78 is 20.4. The van der Waals surface area contributed by atoms with E-state index >= 15 is 0 Å². The molecule has 36 heavy (non-hydrogen) atoms. The Morgan fingerprint density at radius 3 is 2.47 bits per heavy atom. The molecule has 2 aromatic rings. The van der Waals surface area contributed by atoms with E-state index in [1.807, 2.05) is 0 Å². The summed E-state index contributed by atoms with van der Waals surface area (Å²) in [5, 5.41) is 13.2. The van der Waals surface area contributed by atoms with Crippen molar-refractivity contribution in [1.82, 2.24) is 24.7 Å². The first-order chi connectivity index (χ1) is 17.0. The monoisotopic (exact) mass is 501 g/mol. The third-order valence-corrected chi connectivity index (χ3v) is 6.95. The van der Waals surface area contributed by atoms with Gasteiger partial charge in [0.1, 0.15) is 17.2 Å². The van der Waals surface area contributed by atoms with Crippen molar-refractivity contribution in [3.8, 4) is 5.75 Å². The molecule has 11 nitrogen and oxygen atoms in total. The molecule has 3 amide bonds. The zero-order chi connectivity index (χ0) is 26.4. The number of benzene rings is 1. The molecule has 192 valence electrons. The van der Waals surface area contributed by atoms with E-state index in [0.29, 0.717) is 18.4 Å². The number of likely N-dealkylation sites (N-methyl/N-ethyl adjacent to an activating group) is 2. The highest BCUT2D eigenvalue weighted by molar-refractivity contribution is 6.34. The Labute approximate surface area is 206 Å². The first-order valence-corrected chi connectivity index (χ1v) is 11.5. The topological polar surface area (TPSA) is 134 Å². The number of rotatable bonds is 4. The Kier molecular flexibility index (Phi) is 6.56. The van der Waals surface area contributed by atoms with Crippen LogP contribution in [0.4, 0.5) is 4.39 Å². The van der Waals surface area contributed by atoms with E-state index < -0.39 is 52.1 Å². The van der Waals surface area contributed by atoms with Gasteiger partial charge < -0.3 is 25.0 Å². The first kappa shape index (κ1) is 25.3. The number of aromatic nitrogens is 2. The van der Waals surface area contributed by atoms with Gasteiger partial charge in [0.25, 0.3) is 11.5 Å². The van der Waals surface area contributed by atoms with E-state index in [2.05, 4.69) is 10.3 Å². The summed E-state index contributed by atoms with van der Waals surface area (Å²) in [7, 11) is 4.33. The number of aromatic hydroxyl groups is 1. The maximum absolute atomic E-state index is 13.3. The van der Waals surface area contributed by atoms with Gasteiger partial charge in [0.15, 0.2) is 5.69 Å². The molecule has 3 aliphatic rings. The molecule has 1 aromatic heterocycles. The van der Waals surface area contributed by atoms with Gasteiger partial charge in [0, 0.05) is 27.7 Å². The van der Waals surface area contributed by atoms with E-state index in [1.54, 1.807) is 6.92 Å². The van der Waals surface area contributed by atoms with E-state index in [4.69, 9.17) is 4.74 Å². The average Bonchev–Trinajstić information content (AvgIpc) is 3.06. The van der Waals surface area contributed by atoms with E-state index in [-0.39, 0.29) is 25.1 Å². The van der Waals surface area contributed by atoms with Gasteiger partial charge in [0.05, 0.1) is 18.8 Å². The number of nitrogens with one attached hydrogen (secondary N) is 1. The van der Waals surface area contributed by atoms with Crippen LogP contribution in [0.15, 0.2) is 29.1 Å². The van der Waals surface area contributed by atoms with Crippen LogP contribution < -0.4 is 10.9 Å². The second-order valence-corrected chi connectivity index (χ2v) is 9.34. The summed E-state index contributed by atoms with van der Waals surface area (Å²) in [5.41, 5.74) is -2.07. The highest BCUT2D eigenvalue weighted by Gasteiger charge is 2.52. The fourth-order valence-electron chi connectivity index (χ4n) is 4.71. The zero-order valence-corrected chi connectivity index (χ0v) is 20.4. The number of carbonyl (C=O) groups is 3. The fraction of sp³-hybridized carbons (Fsp3) is 0.458. The summed E-state index contributed by atoms with van der Waals surface area (Å²) in [5.74, 6) is -3.61. The maximum atomic E-state index is 13.3. The van der Waals surface area contributed by atoms with Crippen LogP contribution in [0.25, 0.3) is 0 Å². The van der Waals surface area contributed by atoms with Gasteiger partial charge in [0.2, 0.25) is 5.75 Å². The summed E-state index contributed by atoms with van der Waals surface area (Å²) >= 11 is 0. The lowest BCUT2D eigenvalue weighted by atomic mass is 9.88. The molecule has 4 heterocycles. The van der Waals surface area contributed by atoms with Gasteiger partial charge in [-0.05, 0) is 37.5 Å². The summed E-state index contributed by atoms with van der Waals surface area (Å²) in [6, 6.07) is 4.93. The smallest absolute Gasteiger partial charge is 0.312 e. The number of hydrogen-bond acceptors (Lipinski definition) is 7. The Morgan fingerprint density at radius 1 is 1.22 bits per heavy atom. The van der Waals surface area contributed by atoms with Gasteiger partial charge in [-0.1, -0.05) is 12.1 Å². The SMILES string of the molecule is CC1C2CCC(N(C)C(=O)C(=O)N(C)C)(CO2)c2nc(C(=O)NCc3ccc(F)cc3)c(O)c(=O)n21. The minimum Gasteiger partial charge on any atom is -0.501 e. The summed E-state index contributed by atoms with van der Waals surface area (Å²) in [6.45, 7) is 1.69. The summed E-state index contributed by atoms with van der Waals surface area (Å²) in [6.07, 6.45) is 0.410. The Bertz CT molecular complexity index is 1270. The van der Waals surface area contributed by atoms with Crippen LogP contribution in [0, 0.1) is 5.82 Å². The van der Waals surface area contributed by atoms with E-state index in [1.165, 1.54) is 54.9 Å². The molecule has 1 fully saturated rings. The lowest BCUT2D eigenvalue weighted by molar-refractivity contribution is -0.159. The molecular weight excluding hydrogens is 473 g/mol. The molecule has 12 heteroatoms. The number of ether oxygens (including phenoxy) is 1. The lowest BCUT2D eigenvalue weighted by Gasteiger charge is -2.43. The highest BCUT2D eigenvalue weighted by Crippen LogP contribution is 2.43. The maximum Gasteiger partial charge on any atom is 0.312 e. The van der Waals surface area contributed by atoms with E-state index in [0.717, 1.165) is 4.90 Å². The predicted octanol–water partition coefficient (Wildman–Crippen LogP) is 0.514. The minimum absolute atomic E-state index is 0.00110. The van der Waals surface area contributed by atoms with Gasteiger partial charge in [-0.2, -0.15) is 0 Å². The molecule has 3 atom stereocenters. The van der Waals surface area contributed by atoms with Crippen molar-refractivity contribution in [1.29, 1.82) is 0 Å². The second-order valence-electron chi connectivity index (χ2n) is 9.34. The van der Waals surface area contributed by atoms with Crippen molar-refractivity contribution in [2.45, 2.75) is 44.0 Å². The zero-order valence-electron chi connectivity index (χ0n) is 20.4. The number of halogens is 1. The molecule has 1 saturated heterocycles. The van der Waals surface area contributed by atoms with Crippen LogP contribution in [-0.4, -0.2) is 76.0 Å². The molecule has 0 radical (unpaired) electrons. The Morgan fingerprint density at radius 2 is 1.89 bits per heavy atom. The minimum atomic E-state index is -1.32. The van der Waals surface area contributed by atoms with Crippen molar-refractivity contribution in [2.24, 2.45) is 0 Å². The van der Waals surface area contributed by atoms with Crippen LogP contribution in [0.5, 0.6) is 5.75 Å². The van der Waals surface area contributed by atoms with Crippen LogP contribution >= 0.6 is 0 Å². The normalized spacial score (nSPS) is 22.4. The number of carbonyl (C=O) groups excluding carboxylic acids is 3. The molecule has 3 aliphatic heterocycles. The van der Waals surface area contributed by atoms with Crippen LogP contribution in [-0.2, 0) is 26.4 Å². The predicted molar refractivity (Wildman–Crippen MR) is 125 cm³/mol. The van der Waals surface area contributed by atoms with Crippen LogP contribution in [0.3, 0.4) is 0 Å². The highest BCUT2D eigenvalue weighted by atomic mass is 19.1. The average molecular weight is 502 g/mol. The third-order valence-electron chi connectivity index (χ3n) is 6.95. The number of fused-ring (bicyclic) bond motifs is 2. The summed E-state index contributed by atoms with van der Waals surface area (Å²) in [4.78, 5) is 58.6. The van der Waals surface area contributed by atoms with Crippen LogP contribution in [0.1, 0.15) is 47.7 Å². The van der Waals surface area contributed by atoms with Crippen molar-refractivity contribution >= 4 is 17.7 Å². The molecule has 0 aliphatic carbocycles. The first-order valence-electron chi connectivity index (χ1n) is 11.5. The van der Waals surface area contributed by atoms with Crippen molar-refractivity contribution in [2.75, 3.05) is 27.7 Å². The molecule has 2 bridgehead atoms. The van der Waals surface area contributed by atoms with Crippen molar-refractivity contribution in [3.63, 3.8) is 0 Å². The molecule has 1 aromatic carbocycles. The largest absolute Gasteiger partial charge is 0.501 e. The van der Waals surface area contributed by atoms with Crippen molar-refractivity contribution < 1.29 is 28.6 Å². The number of nitrogens with zero attached hydrogens (tertiary/aromatic N) is 4. The quantitative estimate of drug-likeness (QED) is 0.583. The van der Waals surface area contributed by atoms with Gasteiger partial charge >= 0.3 is 11.8 Å². The van der Waals surface area contributed by atoms with Crippen LogP contribution in [0.2, 0.25) is 0 Å². The molecule has 2 N–H and O–H groups in total. The van der Waals surface area contributed by atoms with E-state index in [9.17, 15) is 28.7 Å². The fourth-order valence-corrected chi connectivity index (χ4v) is 4.71. The third kappa shape index (κ3) is 4.11. The van der Waals surface area contributed by atoms with Gasteiger partial charge in [-0.25, -0.2) is 9.37 Å². The Balaban J connectivity index is 1.78. The molecule has 0 spiro atoms. The van der Waals surface area contributed by atoms with Gasteiger partial charge in [-0.3, -0.25) is 23.7 Å². The number of hydrogen-bond donors (Lipinski definition) is 2. The molecule has 5 rings (SSSR count). The molecule has 0 saturated carbocycles.